The van der Waals surface area contributed by atoms with Crippen LogP contribution in [-0.4, -0.2) is 55.8 Å². The first-order valence-electron chi connectivity index (χ1n) is 14.9. The van der Waals surface area contributed by atoms with Gasteiger partial charge in [-0.05, 0) is 78.1 Å². The molecule has 2 aromatic carbocycles. The monoisotopic (exact) mass is 600 g/mol. The van der Waals surface area contributed by atoms with Gasteiger partial charge in [0.2, 0.25) is 11.8 Å². The second kappa shape index (κ2) is 15.9. The molecule has 0 aromatic heterocycles. The van der Waals surface area contributed by atoms with Gasteiger partial charge in [-0.15, -0.1) is 0 Å². The number of hydrogen-bond donors (Lipinski definition) is 3. The zero-order valence-corrected chi connectivity index (χ0v) is 26.5. The molecule has 0 bridgehead atoms. The van der Waals surface area contributed by atoms with Crippen LogP contribution < -0.4 is 15.4 Å². The van der Waals surface area contributed by atoms with Crippen LogP contribution in [0.5, 0.6) is 5.75 Å². The van der Waals surface area contributed by atoms with E-state index in [-0.39, 0.29) is 18.9 Å². The number of rotatable bonds is 15. The predicted molar refractivity (Wildman–Crippen MR) is 171 cm³/mol. The Labute approximate surface area is 260 Å². The summed E-state index contributed by atoms with van der Waals surface area (Å²) < 4.78 is 10.7. The highest BCUT2D eigenvalue weighted by atomic mass is 16.5. The highest BCUT2D eigenvalue weighted by Crippen LogP contribution is 2.28. The highest BCUT2D eigenvalue weighted by Gasteiger charge is 2.36. The van der Waals surface area contributed by atoms with Gasteiger partial charge in [0.1, 0.15) is 11.8 Å². The van der Waals surface area contributed by atoms with Gasteiger partial charge in [-0.25, -0.2) is 0 Å². The van der Waals surface area contributed by atoms with Crippen molar-refractivity contribution < 1.29 is 29.0 Å². The Hall–Kier alpha value is -4.35. The van der Waals surface area contributed by atoms with Gasteiger partial charge < -0.3 is 25.2 Å². The molecule has 0 saturated carbocycles. The van der Waals surface area contributed by atoms with Gasteiger partial charge in [0, 0.05) is 18.6 Å². The van der Waals surface area contributed by atoms with Gasteiger partial charge >= 0.3 is 5.97 Å². The molecule has 0 aliphatic heterocycles. The molecule has 0 fully saturated rings. The summed E-state index contributed by atoms with van der Waals surface area (Å²) in [7, 11) is 3.19. The minimum atomic E-state index is -1.06. The maximum absolute atomic E-state index is 13.5. The van der Waals surface area contributed by atoms with Crippen LogP contribution >= 0.6 is 0 Å². The summed E-state index contributed by atoms with van der Waals surface area (Å²) >= 11 is 0. The Balaban J connectivity index is 1.68. The van der Waals surface area contributed by atoms with E-state index in [0.717, 1.165) is 28.0 Å². The Morgan fingerprint density at radius 1 is 1.02 bits per heavy atom. The lowest BCUT2D eigenvalue weighted by atomic mass is 9.85. The van der Waals surface area contributed by atoms with Gasteiger partial charge in [0.05, 0.1) is 26.2 Å². The van der Waals surface area contributed by atoms with Crippen molar-refractivity contribution in [1.29, 1.82) is 0 Å². The van der Waals surface area contributed by atoms with E-state index in [1.54, 1.807) is 26.4 Å². The van der Waals surface area contributed by atoms with Crippen molar-refractivity contribution in [3.05, 3.63) is 88.9 Å². The smallest absolute Gasteiger partial charge is 0.304 e. The normalized spacial score (nSPS) is 14.4. The molecule has 0 spiro atoms. The maximum atomic E-state index is 13.5. The van der Waals surface area contributed by atoms with E-state index in [2.05, 4.69) is 47.2 Å². The van der Waals surface area contributed by atoms with Crippen molar-refractivity contribution >= 4 is 17.8 Å². The third kappa shape index (κ3) is 9.85. The van der Waals surface area contributed by atoms with Crippen molar-refractivity contribution in [3.63, 3.8) is 0 Å². The number of ether oxygens (including phenoxy) is 2. The minimum Gasteiger partial charge on any atom is -0.497 e. The number of nitrogens with one attached hydrogen (secondary N) is 2. The molecule has 0 unspecified atom stereocenters. The SMILES string of the molecule is COC[C@@H](NC(=O)[C@@H](NC(=O)[C@H](CCCc1ccc(-c2cccc(OC)c2)c(C)c1)CC(=O)O)C(C)(C)C)C1=C=C=CC=C1. The summed E-state index contributed by atoms with van der Waals surface area (Å²) in [5.41, 5.74) is 10.3. The summed E-state index contributed by atoms with van der Waals surface area (Å²) in [6, 6.07) is 12.8. The molecular formula is C36H44N2O6. The van der Waals surface area contributed by atoms with E-state index in [0.29, 0.717) is 24.8 Å². The molecule has 3 N–H and O–H groups in total. The largest absolute Gasteiger partial charge is 0.497 e. The van der Waals surface area contributed by atoms with Gasteiger partial charge in [0.15, 0.2) is 0 Å². The number of carbonyl (C=O) groups excluding carboxylic acids is 2. The molecule has 0 radical (unpaired) electrons. The lowest BCUT2D eigenvalue weighted by Gasteiger charge is -2.33. The quantitative estimate of drug-likeness (QED) is 0.231. The van der Waals surface area contributed by atoms with Crippen LogP contribution in [-0.2, 0) is 25.5 Å². The fourth-order valence-corrected chi connectivity index (χ4v) is 5.22. The first kappa shape index (κ1) is 34.1. The van der Waals surface area contributed by atoms with Crippen molar-refractivity contribution in [1.82, 2.24) is 10.6 Å². The average molecular weight is 601 g/mol. The molecule has 2 amide bonds. The molecule has 44 heavy (non-hydrogen) atoms. The van der Waals surface area contributed by atoms with E-state index in [9.17, 15) is 19.5 Å². The molecule has 8 nitrogen and oxygen atoms in total. The number of aryl methyl sites for hydroxylation is 2. The zero-order valence-electron chi connectivity index (χ0n) is 26.5. The Morgan fingerprint density at radius 2 is 1.80 bits per heavy atom. The van der Waals surface area contributed by atoms with Crippen LogP contribution in [0.1, 0.15) is 51.2 Å². The first-order chi connectivity index (χ1) is 20.9. The lowest BCUT2D eigenvalue weighted by molar-refractivity contribution is -0.142. The molecule has 1 aliphatic carbocycles. The molecule has 0 heterocycles. The van der Waals surface area contributed by atoms with Gasteiger partial charge in [-0.3, -0.25) is 14.4 Å². The molecule has 8 heteroatoms. The van der Waals surface area contributed by atoms with Crippen LogP contribution in [0, 0.1) is 18.3 Å². The number of aliphatic carboxylic acids is 1. The van der Waals surface area contributed by atoms with E-state index in [1.165, 1.54) is 0 Å². The topological polar surface area (TPSA) is 114 Å². The summed E-state index contributed by atoms with van der Waals surface area (Å²) in [6.07, 6.45) is 6.70. The second-order valence-electron chi connectivity index (χ2n) is 12.1. The van der Waals surface area contributed by atoms with Crippen molar-refractivity contribution in [2.45, 2.75) is 65.5 Å². The molecule has 1 aliphatic rings. The van der Waals surface area contributed by atoms with Crippen molar-refractivity contribution in [2.75, 3.05) is 20.8 Å². The maximum Gasteiger partial charge on any atom is 0.304 e. The van der Waals surface area contributed by atoms with E-state index in [4.69, 9.17) is 9.47 Å². The Bertz CT molecular complexity index is 1470. The lowest BCUT2D eigenvalue weighted by Crippen LogP contribution is -2.57. The number of allylic oxidation sites excluding steroid dienone is 2. The summed E-state index contributed by atoms with van der Waals surface area (Å²) in [4.78, 5) is 38.7. The molecule has 3 atom stereocenters. The minimum absolute atomic E-state index is 0.215. The Kier molecular flexibility index (Phi) is 12.4. The third-order valence-corrected chi connectivity index (χ3v) is 7.59. The number of methoxy groups -OCH3 is 2. The van der Waals surface area contributed by atoms with Crippen LogP contribution in [0.4, 0.5) is 0 Å². The fraction of sp³-hybridized carbons (Fsp3) is 0.417. The number of hydrogen-bond acceptors (Lipinski definition) is 5. The fourth-order valence-electron chi connectivity index (χ4n) is 5.22. The van der Waals surface area contributed by atoms with E-state index < -0.39 is 35.3 Å². The molecule has 234 valence electrons. The molecule has 3 rings (SSSR count). The van der Waals surface area contributed by atoms with E-state index >= 15 is 0 Å². The highest BCUT2D eigenvalue weighted by molar-refractivity contribution is 5.90. The third-order valence-electron chi connectivity index (χ3n) is 7.59. The number of benzene rings is 2. The van der Waals surface area contributed by atoms with Gasteiger partial charge in [-0.2, -0.15) is 0 Å². The Morgan fingerprint density at radius 3 is 2.41 bits per heavy atom. The number of amides is 2. The van der Waals surface area contributed by atoms with Crippen LogP contribution in [0.15, 0.2) is 77.7 Å². The number of carbonyl (C=O) groups is 3. The van der Waals surface area contributed by atoms with E-state index in [1.807, 2.05) is 51.1 Å². The zero-order chi connectivity index (χ0) is 32.3. The van der Waals surface area contributed by atoms with Gasteiger partial charge in [-0.1, -0.05) is 68.6 Å². The summed E-state index contributed by atoms with van der Waals surface area (Å²) in [5.74, 6) is -1.88. The molecule has 0 saturated heterocycles. The van der Waals surface area contributed by atoms with Crippen LogP contribution in [0.3, 0.4) is 0 Å². The second-order valence-corrected chi connectivity index (χ2v) is 12.1. The first-order valence-corrected chi connectivity index (χ1v) is 14.9. The predicted octanol–water partition coefficient (Wildman–Crippen LogP) is 5.55. The average Bonchev–Trinajstić information content (AvgIpc) is 2.98. The van der Waals surface area contributed by atoms with Crippen molar-refractivity contribution in [2.24, 2.45) is 11.3 Å². The summed E-state index contributed by atoms with van der Waals surface area (Å²) in [6.45, 7) is 7.84. The van der Waals surface area contributed by atoms with Crippen molar-refractivity contribution in [3.8, 4) is 16.9 Å². The standard InChI is InChI=1S/C36H44N2O6/c1-24-20-25(18-19-30(24)27-15-11-17-29(21-27)44-6)12-10-16-28(22-32(39)40)34(41)38-33(36(2,3)4)35(42)37-31(23-43-5)26-13-8-7-9-14-26/h7-8,11,13,15,17-21,28,31,33H,10,12,16,22-23H2,1-6H3,(H,37,42)(H,38,41)(H,39,40)/t28-,31-,33-/m1/s1. The number of carboxylic acid groups (broad SMARTS) is 1. The van der Waals surface area contributed by atoms with Crippen LogP contribution in [0.25, 0.3) is 11.1 Å². The van der Waals surface area contributed by atoms with Gasteiger partial charge in [0.25, 0.3) is 0 Å². The number of carboxylic acids is 1. The van der Waals surface area contributed by atoms with Crippen LogP contribution in [0.2, 0.25) is 0 Å². The molecular weight excluding hydrogens is 556 g/mol. The molecule has 2 aromatic rings. The summed E-state index contributed by atoms with van der Waals surface area (Å²) in [5, 5.41) is 15.4.